The maximum atomic E-state index is 12.6. The number of esters is 1. The van der Waals surface area contributed by atoms with Crippen LogP contribution in [0.2, 0.25) is 0 Å². The zero-order chi connectivity index (χ0) is 22.6. The Morgan fingerprint density at radius 3 is 2.55 bits per heavy atom. The molecule has 0 aliphatic rings. The second-order valence-electron chi connectivity index (χ2n) is 8.10. The number of carbonyl (C=O) groups is 1. The topological polar surface area (TPSA) is 44.1 Å². The van der Waals surface area contributed by atoms with Crippen molar-refractivity contribution in [1.29, 1.82) is 0 Å². The van der Waals surface area contributed by atoms with Crippen molar-refractivity contribution in [1.82, 2.24) is 9.55 Å². The van der Waals surface area contributed by atoms with Gasteiger partial charge in [0.05, 0.1) is 12.7 Å². The molecule has 5 rings (SSSR count). The summed E-state index contributed by atoms with van der Waals surface area (Å²) in [5.74, 6) is -0.328. The Kier molecular flexibility index (Phi) is 5.73. The number of pyridine rings is 1. The van der Waals surface area contributed by atoms with Crippen LogP contribution in [0.25, 0.3) is 22.0 Å². The second-order valence-corrected chi connectivity index (χ2v) is 8.10. The molecule has 0 aliphatic heterocycles. The summed E-state index contributed by atoms with van der Waals surface area (Å²) in [6, 6.07) is 28.9. The van der Waals surface area contributed by atoms with Crippen LogP contribution in [0.5, 0.6) is 0 Å². The Morgan fingerprint density at radius 2 is 1.76 bits per heavy atom. The number of rotatable bonds is 6. The van der Waals surface area contributed by atoms with Crippen LogP contribution < -0.4 is 0 Å². The van der Waals surface area contributed by atoms with Crippen LogP contribution in [0.4, 0.5) is 0 Å². The molecule has 0 unspecified atom stereocenters. The maximum absolute atomic E-state index is 12.6. The van der Waals surface area contributed by atoms with Crippen LogP contribution in [-0.4, -0.2) is 22.6 Å². The molecule has 5 aromatic rings. The molecule has 0 spiro atoms. The SMILES string of the molecule is COC(=O)c1cc(-c2cccnc2)ccc1Cc1ccc2c(ccn2Cc2ccccc2)c1. The number of ether oxygens (including phenoxy) is 1. The Labute approximate surface area is 193 Å². The van der Waals surface area contributed by atoms with Gasteiger partial charge in [-0.3, -0.25) is 4.98 Å². The summed E-state index contributed by atoms with van der Waals surface area (Å²) < 4.78 is 7.34. The fourth-order valence-electron chi connectivity index (χ4n) is 4.24. The molecule has 33 heavy (non-hydrogen) atoms. The Balaban J connectivity index is 1.44. The molecule has 3 aromatic carbocycles. The van der Waals surface area contributed by atoms with Crippen LogP contribution in [0, 0.1) is 0 Å². The number of carbonyl (C=O) groups excluding carboxylic acids is 1. The van der Waals surface area contributed by atoms with E-state index < -0.39 is 0 Å². The van der Waals surface area contributed by atoms with Gasteiger partial charge in [0.2, 0.25) is 0 Å². The summed E-state index contributed by atoms with van der Waals surface area (Å²) in [5.41, 5.74) is 7.06. The number of benzene rings is 3. The van der Waals surface area contributed by atoms with E-state index in [2.05, 4.69) is 64.3 Å². The van der Waals surface area contributed by atoms with Crippen molar-refractivity contribution >= 4 is 16.9 Å². The first-order valence-corrected chi connectivity index (χ1v) is 10.9. The molecule has 2 heterocycles. The smallest absolute Gasteiger partial charge is 0.338 e. The van der Waals surface area contributed by atoms with Gasteiger partial charge in [0.15, 0.2) is 0 Å². The van der Waals surface area contributed by atoms with Crippen molar-refractivity contribution in [2.75, 3.05) is 7.11 Å². The lowest BCUT2D eigenvalue weighted by atomic mass is 9.95. The lowest BCUT2D eigenvalue weighted by Crippen LogP contribution is -2.07. The van der Waals surface area contributed by atoms with E-state index in [0.717, 1.165) is 28.8 Å². The number of fused-ring (bicyclic) bond motifs is 1. The first-order chi connectivity index (χ1) is 16.2. The molecule has 0 fully saturated rings. The highest BCUT2D eigenvalue weighted by Crippen LogP contribution is 2.26. The van der Waals surface area contributed by atoms with Gasteiger partial charge in [0.1, 0.15) is 0 Å². The van der Waals surface area contributed by atoms with Gasteiger partial charge in [-0.05, 0) is 64.4 Å². The van der Waals surface area contributed by atoms with Crippen LogP contribution >= 0.6 is 0 Å². The van der Waals surface area contributed by atoms with E-state index in [1.807, 2.05) is 36.4 Å². The molecule has 162 valence electrons. The fraction of sp³-hybridized carbons (Fsp3) is 0.103. The van der Waals surface area contributed by atoms with E-state index in [0.29, 0.717) is 12.0 Å². The van der Waals surface area contributed by atoms with Gasteiger partial charge in [-0.1, -0.05) is 54.6 Å². The zero-order valence-corrected chi connectivity index (χ0v) is 18.4. The Morgan fingerprint density at radius 1 is 0.879 bits per heavy atom. The quantitative estimate of drug-likeness (QED) is 0.303. The molecular weight excluding hydrogens is 408 g/mol. The van der Waals surface area contributed by atoms with Crippen molar-refractivity contribution < 1.29 is 9.53 Å². The molecule has 0 saturated carbocycles. The van der Waals surface area contributed by atoms with Crippen LogP contribution in [-0.2, 0) is 17.7 Å². The van der Waals surface area contributed by atoms with E-state index in [1.165, 1.54) is 23.6 Å². The first kappa shape index (κ1) is 20.7. The van der Waals surface area contributed by atoms with E-state index in [1.54, 1.807) is 12.4 Å². The maximum Gasteiger partial charge on any atom is 0.338 e. The Hall–Kier alpha value is -4.18. The summed E-state index contributed by atoms with van der Waals surface area (Å²) in [4.78, 5) is 16.7. The summed E-state index contributed by atoms with van der Waals surface area (Å²) in [7, 11) is 1.42. The van der Waals surface area contributed by atoms with Crippen LogP contribution in [0.15, 0.2) is 104 Å². The molecule has 0 N–H and O–H groups in total. The monoisotopic (exact) mass is 432 g/mol. The molecule has 2 aromatic heterocycles. The number of nitrogens with zero attached hydrogens (tertiary/aromatic N) is 2. The second kappa shape index (κ2) is 9.13. The molecule has 0 aliphatic carbocycles. The average molecular weight is 433 g/mol. The third kappa shape index (κ3) is 4.41. The number of aromatic nitrogens is 2. The minimum atomic E-state index is -0.328. The lowest BCUT2D eigenvalue weighted by Gasteiger charge is -2.11. The van der Waals surface area contributed by atoms with Gasteiger partial charge in [-0.15, -0.1) is 0 Å². The molecule has 0 bridgehead atoms. The molecular formula is C29H24N2O2. The van der Waals surface area contributed by atoms with E-state index in [9.17, 15) is 4.79 Å². The molecule has 0 saturated heterocycles. The van der Waals surface area contributed by atoms with Gasteiger partial charge in [0, 0.05) is 36.2 Å². The number of hydrogen-bond donors (Lipinski definition) is 0. The van der Waals surface area contributed by atoms with Crippen molar-refractivity contribution in [3.05, 3.63) is 126 Å². The third-order valence-electron chi connectivity index (χ3n) is 5.94. The van der Waals surface area contributed by atoms with Gasteiger partial charge in [0.25, 0.3) is 0 Å². The Bertz CT molecular complexity index is 1410. The van der Waals surface area contributed by atoms with E-state index >= 15 is 0 Å². The highest BCUT2D eigenvalue weighted by molar-refractivity contribution is 5.93. The number of methoxy groups -OCH3 is 1. The largest absolute Gasteiger partial charge is 0.465 e. The van der Waals surface area contributed by atoms with Crippen molar-refractivity contribution in [3.63, 3.8) is 0 Å². The zero-order valence-electron chi connectivity index (χ0n) is 18.4. The highest BCUT2D eigenvalue weighted by Gasteiger charge is 2.15. The van der Waals surface area contributed by atoms with Crippen molar-refractivity contribution in [2.24, 2.45) is 0 Å². The minimum absolute atomic E-state index is 0.328. The summed E-state index contributed by atoms with van der Waals surface area (Å²) >= 11 is 0. The molecule has 0 amide bonds. The summed E-state index contributed by atoms with van der Waals surface area (Å²) in [5, 5.41) is 1.19. The van der Waals surface area contributed by atoms with Crippen molar-refractivity contribution in [3.8, 4) is 11.1 Å². The van der Waals surface area contributed by atoms with E-state index in [4.69, 9.17) is 4.74 Å². The standard InChI is InChI=1S/C29H24N2O2/c1-33-29(32)27-18-23(26-8-5-14-30-19-26)10-11-24(27)16-22-9-12-28-25(17-22)13-15-31(28)20-21-6-3-2-4-7-21/h2-15,17-19H,16,20H2,1H3. The summed E-state index contributed by atoms with van der Waals surface area (Å²) in [6.45, 7) is 0.839. The summed E-state index contributed by atoms with van der Waals surface area (Å²) in [6.07, 6.45) is 6.31. The van der Waals surface area contributed by atoms with Gasteiger partial charge < -0.3 is 9.30 Å². The van der Waals surface area contributed by atoms with Gasteiger partial charge in [-0.2, -0.15) is 0 Å². The predicted octanol–water partition coefficient (Wildman–Crippen LogP) is 6.13. The molecule has 4 nitrogen and oxygen atoms in total. The number of hydrogen-bond acceptors (Lipinski definition) is 3. The van der Waals surface area contributed by atoms with Gasteiger partial charge in [-0.25, -0.2) is 4.79 Å². The third-order valence-corrected chi connectivity index (χ3v) is 5.94. The molecule has 4 heteroatoms. The first-order valence-electron chi connectivity index (χ1n) is 10.9. The van der Waals surface area contributed by atoms with Crippen LogP contribution in [0.1, 0.15) is 27.0 Å². The van der Waals surface area contributed by atoms with Crippen LogP contribution in [0.3, 0.4) is 0 Å². The minimum Gasteiger partial charge on any atom is -0.465 e. The average Bonchev–Trinajstić information content (AvgIpc) is 3.26. The molecule has 0 radical (unpaired) electrons. The predicted molar refractivity (Wildman–Crippen MR) is 131 cm³/mol. The normalized spacial score (nSPS) is 10.9. The lowest BCUT2D eigenvalue weighted by molar-refractivity contribution is 0.0599. The fourth-order valence-corrected chi connectivity index (χ4v) is 4.24. The van der Waals surface area contributed by atoms with Gasteiger partial charge >= 0.3 is 5.97 Å². The van der Waals surface area contributed by atoms with E-state index in [-0.39, 0.29) is 5.97 Å². The molecule has 0 atom stereocenters. The van der Waals surface area contributed by atoms with Crippen molar-refractivity contribution in [2.45, 2.75) is 13.0 Å². The highest BCUT2D eigenvalue weighted by atomic mass is 16.5.